The zero-order valence-corrected chi connectivity index (χ0v) is 13.0. The van der Waals surface area contributed by atoms with Crippen LogP contribution in [0.2, 0.25) is 5.02 Å². The highest BCUT2D eigenvalue weighted by Crippen LogP contribution is 2.11. The highest BCUT2D eigenvalue weighted by Gasteiger charge is 2.15. The van der Waals surface area contributed by atoms with Gasteiger partial charge in [-0.15, -0.1) is 0 Å². The van der Waals surface area contributed by atoms with Crippen LogP contribution in [0.25, 0.3) is 0 Å². The fraction of sp³-hybridized carbons (Fsp3) is 0.467. The van der Waals surface area contributed by atoms with Crippen LogP contribution >= 0.6 is 11.6 Å². The van der Waals surface area contributed by atoms with Crippen molar-refractivity contribution in [3.05, 3.63) is 28.5 Å². The van der Waals surface area contributed by atoms with Gasteiger partial charge >= 0.3 is 6.09 Å². The number of amides is 1. The summed E-state index contributed by atoms with van der Waals surface area (Å²) in [5, 5.41) is 3.24. The van der Waals surface area contributed by atoms with E-state index in [-0.39, 0.29) is 0 Å². The quantitative estimate of drug-likeness (QED) is 0.672. The second-order valence-electron chi connectivity index (χ2n) is 5.30. The third-order valence-corrected chi connectivity index (χ3v) is 2.38. The topological polar surface area (TPSA) is 51.2 Å². The molecule has 0 aromatic carbocycles. The maximum atomic E-state index is 11.4. The van der Waals surface area contributed by atoms with Crippen LogP contribution < -0.4 is 5.32 Å². The minimum Gasteiger partial charge on any atom is -0.444 e. The third kappa shape index (κ3) is 6.44. The van der Waals surface area contributed by atoms with Crippen molar-refractivity contribution in [2.24, 2.45) is 0 Å². The molecule has 0 unspecified atom stereocenters. The van der Waals surface area contributed by atoms with Crippen molar-refractivity contribution in [2.45, 2.75) is 39.7 Å². The van der Waals surface area contributed by atoms with E-state index in [9.17, 15) is 4.79 Å². The van der Waals surface area contributed by atoms with Crippen molar-refractivity contribution in [1.82, 2.24) is 10.3 Å². The molecule has 4 nitrogen and oxygen atoms in total. The molecule has 5 heteroatoms. The van der Waals surface area contributed by atoms with Crippen molar-refractivity contribution in [1.29, 1.82) is 0 Å². The summed E-state index contributed by atoms with van der Waals surface area (Å²) < 4.78 is 5.11. The van der Waals surface area contributed by atoms with Gasteiger partial charge in [-0.1, -0.05) is 17.5 Å². The zero-order chi connectivity index (χ0) is 15.2. The van der Waals surface area contributed by atoms with Crippen LogP contribution in [0.1, 0.15) is 38.4 Å². The van der Waals surface area contributed by atoms with E-state index in [1.165, 1.54) is 0 Å². The van der Waals surface area contributed by atoms with E-state index in [1.807, 2.05) is 33.8 Å². The van der Waals surface area contributed by atoms with Gasteiger partial charge in [-0.05, 0) is 45.2 Å². The van der Waals surface area contributed by atoms with Crippen LogP contribution in [0, 0.1) is 18.8 Å². The first-order chi connectivity index (χ1) is 9.28. The molecule has 0 radical (unpaired) electrons. The Morgan fingerprint density at radius 2 is 2.20 bits per heavy atom. The van der Waals surface area contributed by atoms with Gasteiger partial charge in [-0.3, -0.25) is 0 Å². The zero-order valence-electron chi connectivity index (χ0n) is 12.2. The molecule has 0 aliphatic rings. The molecular formula is C15H19ClN2O2. The van der Waals surface area contributed by atoms with Gasteiger partial charge in [0, 0.05) is 19.2 Å². The Bertz CT molecular complexity index is 539. The molecule has 0 aliphatic carbocycles. The summed E-state index contributed by atoms with van der Waals surface area (Å²) >= 11 is 5.82. The van der Waals surface area contributed by atoms with Gasteiger partial charge in [0.1, 0.15) is 11.3 Å². The van der Waals surface area contributed by atoms with Gasteiger partial charge in [-0.2, -0.15) is 0 Å². The van der Waals surface area contributed by atoms with Crippen molar-refractivity contribution < 1.29 is 9.53 Å². The fourth-order valence-electron chi connectivity index (χ4n) is 1.36. The first-order valence-corrected chi connectivity index (χ1v) is 6.73. The number of hydrogen-bond acceptors (Lipinski definition) is 3. The molecule has 0 fully saturated rings. The highest BCUT2D eigenvalue weighted by atomic mass is 35.5. The smallest absolute Gasteiger partial charge is 0.407 e. The molecule has 1 aromatic rings. The first kappa shape index (κ1) is 16.3. The van der Waals surface area contributed by atoms with E-state index in [2.05, 4.69) is 22.1 Å². The molecule has 20 heavy (non-hydrogen) atoms. The summed E-state index contributed by atoms with van der Waals surface area (Å²) in [5.41, 5.74) is 1.15. The Hall–Kier alpha value is -1.73. The van der Waals surface area contributed by atoms with E-state index in [1.54, 1.807) is 6.20 Å². The number of alkyl carbamates (subject to hydrolysis) is 1. The summed E-state index contributed by atoms with van der Waals surface area (Å²) in [6.07, 6.45) is 1.67. The lowest BCUT2D eigenvalue weighted by Gasteiger charge is -2.19. The maximum Gasteiger partial charge on any atom is 0.407 e. The normalized spacial score (nSPS) is 10.4. The third-order valence-electron chi connectivity index (χ3n) is 2.17. The van der Waals surface area contributed by atoms with Crippen molar-refractivity contribution >= 4 is 17.7 Å². The van der Waals surface area contributed by atoms with Crippen LogP contribution in [-0.4, -0.2) is 23.2 Å². The molecular weight excluding hydrogens is 276 g/mol. The highest BCUT2D eigenvalue weighted by molar-refractivity contribution is 6.30. The number of carbonyl (C=O) groups is 1. The summed E-state index contributed by atoms with van der Waals surface area (Å²) in [6, 6.07) is 1.82. The predicted octanol–water partition coefficient (Wildman–Crippen LogP) is 3.31. The van der Waals surface area contributed by atoms with Crippen LogP contribution in [-0.2, 0) is 4.74 Å². The summed E-state index contributed by atoms with van der Waals surface area (Å²) in [4.78, 5) is 15.5. The van der Waals surface area contributed by atoms with Crippen LogP contribution in [0.3, 0.4) is 0 Å². The lowest BCUT2D eigenvalue weighted by Crippen LogP contribution is -2.32. The Morgan fingerprint density at radius 3 is 2.80 bits per heavy atom. The van der Waals surface area contributed by atoms with Gasteiger partial charge in [-0.25, -0.2) is 9.78 Å². The van der Waals surface area contributed by atoms with Gasteiger partial charge in [0.2, 0.25) is 0 Å². The molecule has 1 amide bonds. The maximum absolute atomic E-state index is 11.4. The number of pyridine rings is 1. The lowest BCUT2D eigenvalue weighted by molar-refractivity contribution is 0.0529. The SMILES string of the molecule is Cc1cc(Cl)cnc1C#CCCNC(=O)OC(C)(C)C. The first-order valence-electron chi connectivity index (χ1n) is 6.36. The molecule has 1 N–H and O–H groups in total. The molecule has 1 rings (SSSR count). The van der Waals surface area contributed by atoms with Crippen molar-refractivity contribution in [3.8, 4) is 11.8 Å². The number of carbonyl (C=O) groups excluding carboxylic acids is 1. The van der Waals surface area contributed by atoms with Crippen LogP contribution in [0.15, 0.2) is 12.3 Å². The molecule has 1 heterocycles. The molecule has 0 bridgehead atoms. The summed E-state index contributed by atoms with van der Waals surface area (Å²) in [5.74, 6) is 5.90. The van der Waals surface area contributed by atoms with E-state index < -0.39 is 11.7 Å². The van der Waals surface area contributed by atoms with E-state index in [4.69, 9.17) is 16.3 Å². The second-order valence-corrected chi connectivity index (χ2v) is 5.74. The van der Waals surface area contributed by atoms with Gasteiger partial charge in [0.15, 0.2) is 0 Å². The summed E-state index contributed by atoms with van der Waals surface area (Å²) in [6.45, 7) is 7.81. The van der Waals surface area contributed by atoms with Crippen LogP contribution in [0.4, 0.5) is 4.79 Å². The number of ether oxygens (including phenoxy) is 1. The second kappa shape index (κ2) is 7.16. The summed E-state index contributed by atoms with van der Waals surface area (Å²) in [7, 11) is 0. The Morgan fingerprint density at radius 1 is 1.50 bits per heavy atom. The number of rotatable bonds is 2. The molecule has 0 saturated heterocycles. The minimum atomic E-state index is -0.486. The van der Waals surface area contributed by atoms with Gasteiger partial charge in [0.25, 0.3) is 0 Å². The standard InChI is InChI=1S/C15H19ClN2O2/c1-11-9-12(16)10-18-13(11)7-5-6-8-17-14(19)20-15(2,3)4/h9-10H,6,8H2,1-4H3,(H,17,19). The van der Waals surface area contributed by atoms with E-state index in [0.717, 1.165) is 5.56 Å². The van der Waals surface area contributed by atoms with E-state index >= 15 is 0 Å². The molecule has 0 spiro atoms. The number of halogens is 1. The Labute approximate surface area is 124 Å². The van der Waals surface area contributed by atoms with E-state index in [0.29, 0.717) is 23.7 Å². The average molecular weight is 295 g/mol. The Balaban J connectivity index is 2.38. The monoisotopic (exact) mass is 294 g/mol. The van der Waals surface area contributed by atoms with Crippen molar-refractivity contribution in [3.63, 3.8) is 0 Å². The van der Waals surface area contributed by atoms with Gasteiger partial charge in [0.05, 0.1) is 5.02 Å². The number of hydrogen-bond donors (Lipinski definition) is 1. The van der Waals surface area contributed by atoms with Gasteiger partial charge < -0.3 is 10.1 Å². The van der Waals surface area contributed by atoms with Crippen molar-refractivity contribution in [2.75, 3.05) is 6.54 Å². The average Bonchev–Trinajstić information content (AvgIpc) is 2.28. The molecule has 1 aromatic heterocycles. The largest absolute Gasteiger partial charge is 0.444 e. The predicted molar refractivity (Wildman–Crippen MR) is 79.7 cm³/mol. The Kier molecular flexibility index (Phi) is 5.84. The molecule has 0 saturated carbocycles. The molecule has 0 atom stereocenters. The van der Waals surface area contributed by atoms with Crippen LogP contribution in [0.5, 0.6) is 0 Å². The minimum absolute atomic E-state index is 0.430. The number of aromatic nitrogens is 1. The molecule has 108 valence electrons. The fourth-order valence-corrected chi connectivity index (χ4v) is 1.57. The number of nitrogens with one attached hydrogen (secondary N) is 1. The number of nitrogens with zero attached hydrogens (tertiary/aromatic N) is 1. The number of aryl methyl sites for hydroxylation is 1. The molecule has 0 aliphatic heterocycles. The lowest BCUT2D eigenvalue weighted by atomic mass is 10.2.